The first kappa shape index (κ1) is 27.0. The number of amides is 3. The number of nitro groups is 1. The zero-order valence-corrected chi connectivity index (χ0v) is 21.6. The molecule has 3 aromatic rings. The second-order valence-electron chi connectivity index (χ2n) is 7.76. The molecule has 0 spiro atoms. The van der Waals surface area contributed by atoms with E-state index in [0.29, 0.717) is 10.6 Å². The lowest BCUT2D eigenvalue weighted by Crippen LogP contribution is -2.30. The van der Waals surface area contributed by atoms with E-state index in [1.54, 1.807) is 12.1 Å². The fourth-order valence-corrected chi connectivity index (χ4v) is 4.17. The number of nitro benzene ring substituents is 1. The van der Waals surface area contributed by atoms with E-state index in [2.05, 4.69) is 10.1 Å². The Labute approximate surface area is 229 Å². The quantitative estimate of drug-likeness (QED) is 0.119. The van der Waals surface area contributed by atoms with Crippen molar-refractivity contribution in [2.75, 3.05) is 7.11 Å². The maximum atomic E-state index is 13.0. The fourth-order valence-electron chi connectivity index (χ4n) is 3.49. The average Bonchev–Trinajstić information content (AvgIpc) is 3.44. The highest BCUT2D eigenvalue weighted by atomic mass is 35.5. The van der Waals surface area contributed by atoms with Crippen LogP contribution < -0.4 is 10.1 Å². The summed E-state index contributed by atoms with van der Waals surface area (Å²) >= 11 is 18.2. The molecule has 0 bridgehead atoms. The van der Waals surface area contributed by atoms with E-state index in [9.17, 15) is 24.5 Å². The third-order valence-corrected chi connectivity index (χ3v) is 6.08. The molecule has 0 radical (unpaired) electrons. The number of halogens is 3. The topological polar surface area (TPSA) is 141 Å². The molecule has 1 aliphatic rings. The van der Waals surface area contributed by atoms with Gasteiger partial charge in [0.1, 0.15) is 18.1 Å². The van der Waals surface area contributed by atoms with E-state index >= 15 is 0 Å². The number of furan rings is 1. The van der Waals surface area contributed by atoms with Gasteiger partial charge in [-0.3, -0.25) is 19.8 Å². The first-order valence-electron chi connectivity index (χ1n) is 10.6. The zero-order chi connectivity index (χ0) is 27.6. The van der Waals surface area contributed by atoms with Crippen molar-refractivity contribution in [1.82, 2.24) is 10.2 Å². The number of ether oxygens (including phenoxy) is 2. The van der Waals surface area contributed by atoms with Gasteiger partial charge in [0.2, 0.25) is 11.5 Å². The Hall–Kier alpha value is -4.06. The molecule has 0 atom stereocenters. The maximum Gasteiger partial charge on any atom is 0.373 e. The Morgan fingerprint density at radius 1 is 1.13 bits per heavy atom. The van der Waals surface area contributed by atoms with Gasteiger partial charge < -0.3 is 19.2 Å². The molecule has 1 aromatic heterocycles. The summed E-state index contributed by atoms with van der Waals surface area (Å²) in [6.45, 7) is -0.449. The maximum absolute atomic E-state index is 13.0. The minimum Gasteiger partial charge on any atom is -0.481 e. The minimum absolute atomic E-state index is 0.0000193. The lowest BCUT2D eigenvalue weighted by molar-refractivity contribution is -0.385. The van der Waals surface area contributed by atoms with Crippen LogP contribution in [-0.4, -0.2) is 34.8 Å². The highest BCUT2D eigenvalue weighted by Gasteiger charge is 2.35. The van der Waals surface area contributed by atoms with E-state index in [0.717, 1.165) is 11.0 Å². The van der Waals surface area contributed by atoms with Gasteiger partial charge in [0.05, 0.1) is 18.6 Å². The number of nitrogens with zero attached hydrogens (tertiary/aromatic N) is 2. The van der Waals surface area contributed by atoms with Gasteiger partial charge in [0, 0.05) is 32.3 Å². The van der Waals surface area contributed by atoms with Gasteiger partial charge in [0.15, 0.2) is 0 Å². The van der Waals surface area contributed by atoms with Crippen molar-refractivity contribution in [3.63, 3.8) is 0 Å². The van der Waals surface area contributed by atoms with Crippen LogP contribution in [0.3, 0.4) is 0 Å². The molecule has 1 aliphatic heterocycles. The normalized spacial score (nSPS) is 14.1. The van der Waals surface area contributed by atoms with Crippen LogP contribution in [0.5, 0.6) is 5.75 Å². The predicted octanol–water partition coefficient (Wildman–Crippen LogP) is 5.61. The van der Waals surface area contributed by atoms with Crippen molar-refractivity contribution >= 4 is 64.5 Å². The number of methoxy groups -OCH3 is 1. The molecule has 0 unspecified atom stereocenters. The van der Waals surface area contributed by atoms with Gasteiger partial charge in [-0.25, -0.2) is 9.59 Å². The summed E-state index contributed by atoms with van der Waals surface area (Å²) in [6, 6.07) is 9.11. The lowest BCUT2D eigenvalue weighted by Gasteiger charge is -2.12. The molecule has 1 fully saturated rings. The first-order chi connectivity index (χ1) is 18.1. The number of esters is 1. The van der Waals surface area contributed by atoms with Crippen molar-refractivity contribution in [3.05, 3.63) is 96.0 Å². The zero-order valence-electron chi connectivity index (χ0n) is 19.3. The van der Waals surface area contributed by atoms with E-state index in [-0.39, 0.29) is 51.7 Å². The molecule has 14 heteroatoms. The van der Waals surface area contributed by atoms with Crippen LogP contribution in [0.15, 0.2) is 52.6 Å². The van der Waals surface area contributed by atoms with Gasteiger partial charge in [-0.15, -0.1) is 0 Å². The summed E-state index contributed by atoms with van der Waals surface area (Å²) in [5.41, 5.74) is -0.0967. The van der Waals surface area contributed by atoms with E-state index in [1.165, 1.54) is 37.5 Å². The van der Waals surface area contributed by atoms with Crippen molar-refractivity contribution in [1.29, 1.82) is 0 Å². The number of rotatable bonds is 8. The van der Waals surface area contributed by atoms with Crippen molar-refractivity contribution < 1.29 is 33.2 Å². The number of carbonyl (C=O) groups excluding carboxylic acids is 3. The van der Waals surface area contributed by atoms with Gasteiger partial charge in [0.25, 0.3) is 5.91 Å². The number of benzene rings is 2. The molecule has 1 saturated heterocycles. The lowest BCUT2D eigenvalue weighted by atomic mass is 10.1. The molecular formula is C24H16Cl3N3O8. The second kappa shape index (κ2) is 11.1. The monoisotopic (exact) mass is 579 g/mol. The number of hydrogen-bond donors (Lipinski definition) is 1. The van der Waals surface area contributed by atoms with E-state index in [1.807, 2.05) is 0 Å². The summed E-state index contributed by atoms with van der Waals surface area (Å²) in [6.07, 6.45) is 1.21. The smallest absolute Gasteiger partial charge is 0.373 e. The van der Waals surface area contributed by atoms with Crippen LogP contribution in [0.1, 0.15) is 27.4 Å². The van der Waals surface area contributed by atoms with Crippen molar-refractivity contribution in [2.24, 2.45) is 0 Å². The Balaban J connectivity index is 1.64. The summed E-state index contributed by atoms with van der Waals surface area (Å²) in [5, 5.41) is 14.8. The molecule has 2 heterocycles. The third-order valence-electron chi connectivity index (χ3n) is 5.27. The summed E-state index contributed by atoms with van der Waals surface area (Å²) < 4.78 is 15.6. The fraction of sp³-hybridized carbons (Fsp3) is 0.125. The SMILES string of the molecule is COC(=O)c1ccc(CN2C(=O)N/C(=C\c3cc(Cl)cc([N+](=O)[O-])c3OCc3ccc(Cl)cc3Cl)C2=O)o1. The predicted molar refractivity (Wildman–Crippen MR) is 136 cm³/mol. The van der Waals surface area contributed by atoms with Gasteiger partial charge in [-0.1, -0.05) is 40.9 Å². The van der Waals surface area contributed by atoms with Gasteiger partial charge >= 0.3 is 17.7 Å². The van der Waals surface area contributed by atoms with Gasteiger partial charge in [-0.05, 0) is 36.4 Å². The van der Waals surface area contributed by atoms with Crippen LogP contribution in [-0.2, 0) is 22.7 Å². The Morgan fingerprint density at radius 2 is 1.89 bits per heavy atom. The largest absolute Gasteiger partial charge is 0.481 e. The molecule has 196 valence electrons. The molecule has 0 saturated carbocycles. The molecule has 11 nitrogen and oxygen atoms in total. The molecule has 38 heavy (non-hydrogen) atoms. The third kappa shape index (κ3) is 5.75. The molecule has 3 amide bonds. The summed E-state index contributed by atoms with van der Waals surface area (Å²) in [4.78, 5) is 49.0. The van der Waals surface area contributed by atoms with E-state index in [4.69, 9.17) is 44.0 Å². The van der Waals surface area contributed by atoms with Crippen LogP contribution in [0.25, 0.3) is 6.08 Å². The summed E-state index contributed by atoms with van der Waals surface area (Å²) in [5.74, 6) is -1.62. The molecule has 4 rings (SSSR count). The first-order valence-corrected chi connectivity index (χ1v) is 11.8. The number of imide groups is 1. The Kier molecular flexibility index (Phi) is 7.91. The van der Waals surface area contributed by atoms with Crippen LogP contribution in [0, 0.1) is 10.1 Å². The van der Waals surface area contributed by atoms with Gasteiger partial charge in [-0.2, -0.15) is 0 Å². The second-order valence-corrected chi connectivity index (χ2v) is 9.04. The number of nitrogens with one attached hydrogen (secondary N) is 1. The molecular weight excluding hydrogens is 565 g/mol. The van der Waals surface area contributed by atoms with Crippen molar-refractivity contribution in [3.8, 4) is 5.75 Å². The number of carbonyl (C=O) groups is 3. The summed E-state index contributed by atoms with van der Waals surface area (Å²) in [7, 11) is 1.18. The minimum atomic E-state index is -0.774. The Morgan fingerprint density at radius 3 is 2.58 bits per heavy atom. The average molecular weight is 581 g/mol. The van der Waals surface area contributed by atoms with E-state index < -0.39 is 28.5 Å². The molecule has 1 N–H and O–H groups in total. The number of urea groups is 1. The highest BCUT2D eigenvalue weighted by Crippen LogP contribution is 2.37. The van der Waals surface area contributed by atoms with Crippen LogP contribution in [0.4, 0.5) is 10.5 Å². The van der Waals surface area contributed by atoms with Crippen LogP contribution in [0.2, 0.25) is 15.1 Å². The van der Waals surface area contributed by atoms with Crippen molar-refractivity contribution in [2.45, 2.75) is 13.2 Å². The molecule has 2 aromatic carbocycles. The molecule has 0 aliphatic carbocycles. The highest BCUT2D eigenvalue weighted by molar-refractivity contribution is 6.35. The number of hydrogen-bond acceptors (Lipinski definition) is 8. The van der Waals surface area contributed by atoms with Crippen LogP contribution >= 0.6 is 34.8 Å². The standard InChI is InChI=1S/C24H16Cl3N3O8/c1-36-23(32)20-5-4-16(38-20)10-29-22(31)18(28-24(29)33)7-13-6-15(26)9-19(30(34)35)21(13)37-11-12-2-3-14(25)8-17(12)27/h2-9H,10-11H2,1H3,(H,28,33)/b18-7-. The Bertz CT molecular complexity index is 1500.